The molecule has 0 heterocycles. The fraction of sp³-hybridized carbons (Fsp3) is 0.444. The van der Waals surface area contributed by atoms with Gasteiger partial charge in [-0.15, -0.1) is 0 Å². The number of nitrogens with two attached hydrogens (primary N) is 2. The Morgan fingerprint density at radius 2 is 1.56 bits per heavy atom. The molecule has 3 amide bonds. The van der Waals surface area contributed by atoms with Gasteiger partial charge in [-0.25, -0.2) is 0 Å². The number of carbonyl (C=O) groups excluding carboxylic acids is 3. The number of unbranched alkanes of at least 4 members (excludes halogenated alkanes) is 1. The monoisotopic (exact) mass is 497 g/mol. The van der Waals surface area contributed by atoms with Gasteiger partial charge in [0.15, 0.2) is 0 Å². The predicted molar refractivity (Wildman–Crippen MR) is 140 cm³/mol. The Kier molecular flexibility index (Phi) is 12.4. The number of rotatable bonds is 15. The number of hydrogen-bond acceptors (Lipinski definition) is 6. The van der Waals surface area contributed by atoms with Crippen LogP contribution in [-0.4, -0.2) is 54.0 Å². The van der Waals surface area contributed by atoms with Crippen molar-refractivity contribution in [2.75, 3.05) is 13.1 Å². The lowest BCUT2D eigenvalue weighted by Gasteiger charge is -2.23. The van der Waals surface area contributed by atoms with Crippen LogP contribution in [0.25, 0.3) is 0 Å². The van der Waals surface area contributed by atoms with Crippen molar-refractivity contribution in [1.29, 1.82) is 0 Å². The average molecular weight is 498 g/mol. The summed E-state index contributed by atoms with van der Waals surface area (Å²) in [6.45, 7) is 2.61. The zero-order valence-electron chi connectivity index (χ0n) is 20.9. The highest BCUT2D eigenvalue weighted by Crippen LogP contribution is 2.12. The Morgan fingerprint density at radius 3 is 2.22 bits per heavy atom. The first-order chi connectivity index (χ1) is 17.3. The van der Waals surface area contributed by atoms with Gasteiger partial charge < -0.3 is 32.5 Å². The van der Waals surface area contributed by atoms with Gasteiger partial charge in [0.2, 0.25) is 17.7 Å². The molecule has 8 N–H and O–H groups in total. The minimum Gasteiger partial charge on any atom is -0.508 e. The van der Waals surface area contributed by atoms with Crippen LogP contribution in [-0.2, 0) is 27.2 Å². The zero-order chi connectivity index (χ0) is 26.3. The Bertz CT molecular complexity index is 952. The average Bonchev–Trinajstić information content (AvgIpc) is 2.87. The van der Waals surface area contributed by atoms with Gasteiger partial charge in [-0.05, 0) is 62.4 Å². The van der Waals surface area contributed by atoms with Crippen molar-refractivity contribution < 1.29 is 19.5 Å². The summed E-state index contributed by atoms with van der Waals surface area (Å²) < 4.78 is 0. The van der Waals surface area contributed by atoms with Crippen molar-refractivity contribution in [3.05, 3.63) is 65.7 Å². The first-order valence-electron chi connectivity index (χ1n) is 12.5. The van der Waals surface area contributed by atoms with Crippen molar-refractivity contribution in [2.24, 2.45) is 11.5 Å². The van der Waals surface area contributed by atoms with E-state index in [1.807, 2.05) is 30.3 Å². The molecule has 36 heavy (non-hydrogen) atoms. The standard InChI is InChI=1S/C27H39N5O4/c1-19(25(34)30-17-7-10-20-8-3-2-4-9-20)31-27(36)24(18-21-12-14-22(33)15-13-21)32-26(35)23(29)11-5-6-16-28/h2-4,8-9,12-15,19,23-24,33H,5-7,10-11,16-18,28-29H2,1H3,(H,30,34)(H,31,36)(H,32,35)/t19-,23+,24+/m1/s1. The Morgan fingerprint density at radius 1 is 0.861 bits per heavy atom. The van der Waals surface area contributed by atoms with Crippen LogP contribution in [0, 0.1) is 0 Å². The van der Waals surface area contributed by atoms with Gasteiger partial charge >= 0.3 is 0 Å². The third-order valence-corrected chi connectivity index (χ3v) is 5.85. The molecule has 0 unspecified atom stereocenters. The van der Waals surface area contributed by atoms with Crippen LogP contribution >= 0.6 is 0 Å². The van der Waals surface area contributed by atoms with Crippen molar-refractivity contribution in [2.45, 2.75) is 63.6 Å². The maximum absolute atomic E-state index is 13.1. The maximum atomic E-state index is 13.1. The molecule has 196 valence electrons. The van der Waals surface area contributed by atoms with E-state index in [9.17, 15) is 19.5 Å². The molecule has 2 aromatic carbocycles. The Hall–Kier alpha value is -3.43. The molecule has 0 fully saturated rings. The van der Waals surface area contributed by atoms with Crippen LogP contribution in [0.2, 0.25) is 0 Å². The van der Waals surface area contributed by atoms with Crippen molar-refractivity contribution >= 4 is 17.7 Å². The molecule has 2 aromatic rings. The maximum Gasteiger partial charge on any atom is 0.243 e. The van der Waals surface area contributed by atoms with Crippen LogP contribution in [0.4, 0.5) is 0 Å². The molecular formula is C27H39N5O4. The highest BCUT2D eigenvalue weighted by atomic mass is 16.3. The topological polar surface area (TPSA) is 160 Å². The SMILES string of the molecule is C[C@@H](NC(=O)[C@H](Cc1ccc(O)cc1)NC(=O)[C@@H](N)CCCCN)C(=O)NCCCc1ccccc1. The molecular weight excluding hydrogens is 458 g/mol. The fourth-order valence-electron chi connectivity index (χ4n) is 3.68. The normalized spacial score (nSPS) is 13.3. The summed E-state index contributed by atoms with van der Waals surface area (Å²) in [5, 5.41) is 17.8. The summed E-state index contributed by atoms with van der Waals surface area (Å²) in [6, 6.07) is 13.9. The van der Waals surface area contributed by atoms with E-state index in [-0.39, 0.29) is 18.1 Å². The van der Waals surface area contributed by atoms with Crippen LogP contribution in [0.1, 0.15) is 43.7 Å². The van der Waals surface area contributed by atoms with Gasteiger partial charge in [0.05, 0.1) is 6.04 Å². The largest absolute Gasteiger partial charge is 0.508 e. The number of aryl methyl sites for hydroxylation is 1. The molecule has 0 aromatic heterocycles. The van der Waals surface area contributed by atoms with E-state index in [0.717, 1.165) is 24.8 Å². The predicted octanol–water partition coefficient (Wildman–Crippen LogP) is 1.13. The minimum absolute atomic E-state index is 0.100. The second kappa shape index (κ2) is 15.5. The van der Waals surface area contributed by atoms with Crippen molar-refractivity contribution in [3.63, 3.8) is 0 Å². The molecule has 2 rings (SSSR count). The molecule has 0 saturated heterocycles. The van der Waals surface area contributed by atoms with Crippen LogP contribution in [0.5, 0.6) is 5.75 Å². The molecule has 0 aliphatic heterocycles. The first-order valence-corrected chi connectivity index (χ1v) is 12.5. The number of amides is 3. The lowest BCUT2D eigenvalue weighted by Crippen LogP contribution is -2.55. The summed E-state index contributed by atoms with van der Waals surface area (Å²) in [5.74, 6) is -1.13. The number of phenols is 1. The van der Waals surface area contributed by atoms with Crippen LogP contribution in [0.3, 0.4) is 0 Å². The minimum atomic E-state index is -0.934. The number of aromatic hydroxyl groups is 1. The molecule has 0 radical (unpaired) electrons. The van der Waals surface area contributed by atoms with Crippen LogP contribution < -0.4 is 27.4 Å². The number of nitrogens with one attached hydrogen (secondary N) is 3. The van der Waals surface area contributed by atoms with Gasteiger partial charge in [-0.1, -0.05) is 48.9 Å². The molecule has 0 saturated carbocycles. The summed E-state index contributed by atoms with van der Waals surface area (Å²) >= 11 is 0. The molecule has 0 spiro atoms. The molecule has 0 aliphatic rings. The van der Waals surface area contributed by atoms with Crippen molar-refractivity contribution in [1.82, 2.24) is 16.0 Å². The lowest BCUT2D eigenvalue weighted by atomic mass is 10.0. The zero-order valence-corrected chi connectivity index (χ0v) is 20.9. The summed E-state index contributed by atoms with van der Waals surface area (Å²) in [5.41, 5.74) is 13.4. The number of phenolic OH excluding ortho intramolecular Hbond substituents is 1. The van der Waals surface area contributed by atoms with E-state index < -0.39 is 29.9 Å². The quantitative estimate of drug-likeness (QED) is 0.202. The summed E-state index contributed by atoms with van der Waals surface area (Å²) in [4.78, 5) is 38.2. The van der Waals surface area contributed by atoms with E-state index >= 15 is 0 Å². The van der Waals surface area contributed by atoms with Gasteiger partial charge in [0, 0.05) is 13.0 Å². The highest BCUT2D eigenvalue weighted by Gasteiger charge is 2.26. The fourth-order valence-corrected chi connectivity index (χ4v) is 3.68. The first kappa shape index (κ1) is 28.8. The lowest BCUT2D eigenvalue weighted by molar-refractivity contribution is -0.132. The van der Waals surface area contributed by atoms with Gasteiger partial charge in [-0.2, -0.15) is 0 Å². The molecule has 0 bridgehead atoms. The summed E-state index contributed by atoms with van der Waals surface area (Å²) in [6.07, 6.45) is 3.72. The van der Waals surface area contributed by atoms with Crippen LogP contribution in [0.15, 0.2) is 54.6 Å². The molecule has 0 aliphatic carbocycles. The molecule has 9 nitrogen and oxygen atoms in total. The van der Waals surface area contributed by atoms with E-state index in [0.29, 0.717) is 25.9 Å². The smallest absolute Gasteiger partial charge is 0.243 e. The number of benzene rings is 2. The van der Waals surface area contributed by atoms with E-state index in [1.165, 1.54) is 17.7 Å². The van der Waals surface area contributed by atoms with Gasteiger partial charge in [0.25, 0.3) is 0 Å². The van der Waals surface area contributed by atoms with E-state index in [4.69, 9.17) is 11.5 Å². The third kappa shape index (κ3) is 10.5. The van der Waals surface area contributed by atoms with Crippen molar-refractivity contribution in [3.8, 4) is 5.75 Å². The van der Waals surface area contributed by atoms with E-state index in [1.54, 1.807) is 19.1 Å². The van der Waals surface area contributed by atoms with Gasteiger partial charge in [0.1, 0.15) is 17.8 Å². The Balaban J connectivity index is 1.92. The van der Waals surface area contributed by atoms with E-state index in [2.05, 4.69) is 16.0 Å². The molecule has 3 atom stereocenters. The second-order valence-corrected chi connectivity index (χ2v) is 8.93. The summed E-state index contributed by atoms with van der Waals surface area (Å²) in [7, 11) is 0. The number of carbonyl (C=O) groups is 3. The third-order valence-electron chi connectivity index (χ3n) is 5.85. The second-order valence-electron chi connectivity index (χ2n) is 8.93. The van der Waals surface area contributed by atoms with Gasteiger partial charge in [-0.3, -0.25) is 14.4 Å². The Labute approximate surface area is 213 Å². The highest BCUT2D eigenvalue weighted by molar-refractivity contribution is 5.93. The molecule has 9 heteroatoms. The number of hydrogen-bond donors (Lipinski definition) is 6.